The number of carbonyl (C=O) groups excluding carboxylic acids is 2. The average molecular weight is 424 g/mol. The number of nitrogens with one attached hydrogen (secondary N) is 1. The van der Waals surface area contributed by atoms with Crippen LogP contribution in [0.4, 0.5) is 4.39 Å². The number of fused-ring (bicyclic) bond motifs is 2. The number of amides is 1. The molecule has 1 aliphatic carbocycles. The van der Waals surface area contributed by atoms with E-state index in [1.54, 1.807) is 30.6 Å². The second kappa shape index (κ2) is 8.04. The lowest BCUT2D eigenvalue weighted by molar-refractivity contribution is -0.134. The molecule has 162 valence electrons. The molecule has 1 N–H and O–H groups in total. The standard InChI is InChI=1S/C24H25FN2O4/c25-18-3-1-2-16(12-18)17-4-5-21(30-14-17)27-22(28)15-6-9-24(10-7-15)20-13-26-11-8-19(20)23(29)31-24/h1-3,8,11-13,15,17,21H,4-7,9-10,14H2,(H,27,28)/t15-,17?,21?,24+. The third kappa shape index (κ3) is 3.82. The van der Waals surface area contributed by atoms with Crippen molar-refractivity contribution in [3.05, 3.63) is 65.2 Å². The van der Waals surface area contributed by atoms with E-state index in [1.165, 1.54) is 6.07 Å². The van der Waals surface area contributed by atoms with E-state index in [2.05, 4.69) is 10.3 Å². The Hall–Kier alpha value is -2.80. The van der Waals surface area contributed by atoms with Crippen molar-refractivity contribution in [1.29, 1.82) is 0 Å². The van der Waals surface area contributed by atoms with Crippen molar-refractivity contribution in [3.8, 4) is 0 Å². The fourth-order valence-electron chi connectivity index (χ4n) is 5.11. The normalized spacial score (nSPS) is 30.0. The van der Waals surface area contributed by atoms with Crippen molar-refractivity contribution in [1.82, 2.24) is 10.3 Å². The predicted octanol–water partition coefficient (Wildman–Crippen LogP) is 3.81. The first kappa shape index (κ1) is 20.1. The summed E-state index contributed by atoms with van der Waals surface area (Å²) in [6.45, 7) is 0.460. The number of aromatic nitrogens is 1. The molecule has 1 amide bonds. The lowest BCUT2D eigenvalue weighted by atomic mass is 9.75. The molecule has 0 bridgehead atoms. The average Bonchev–Trinajstić information content (AvgIpc) is 3.06. The minimum atomic E-state index is -0.642. The molecule has 7 heteroatoms. The second-order valence-electron chi connectivity index (χ2n) is 8.74. The third-order valence-corrected chi connectivity index (χ3v) is 6.88. The van der Waals surface area contributed by atoms with Crippen LogP contribution in [0.3, 0.4) is 0 Å². The van der Waals surface area contributed by atoms with Crippen LogP contribution in [0.5, 0.6) is 0 Å². The highest BCUT2D eigenvalue weighted by Crippen LogP contribution is 2.47. The van der Waals surface area contributed by atoms with Gasteiger partial charge >= 0.3 is 5.97 Å². The van der Waals surface area contributed by atoms with Crippen molar-refractivity contribution in [2.45, 2.75) is 56.3 Å². The van der Waals surface area contributed by atoms with E-state index in [0.29, 0.717) is 44.3 Å². The van der Waals surface area contributed by atoms with Gasteiger partial charge in [-0.2, -0.15) is 0 Å². The fraction of sp³-hybridized carbons (Fsp3) is 0.458. The number of benzene rings is 1. The Balaban J connectivity index is 1.14. The van der Waals surface area contributed by atoms with Gasteiger partial charge in [0.2, 0.25) is 5.91 Å². The van der Waals surface area contributed by atoms with Crippen LogP contribution < -0.4 is 5.32 Å². The molecule has 2 fully saturated rings. The maximum Gasteiger partial charge on any atom is 0.339 e. The molecule has 6 nitrogen and oxygen atoms in total. The molecule has 3 heterocycles. The molecule has 31 heavy (non-hydrogen) atoms. The topological polar surface area (TPSA) is 77.5 Å². The van der Waals surface area contributed by atoms with Gasteiger partial charge in [-0.25, -0.2) is 9.18 Å². The maximum absolute atomic E-state index is 13.5. The summed E-state index contributed by atoms with van der Waals surface area (Å²) in [4.78, 5) is 29.2. The van der Waals surface area contributed by atoms with Crippen LogP contribution in [-0.4, -0.2) is 29.7 Å². The summed E-state index contributed by atoms with van der Waals surface area (Å²) in [7, 11) is 0. The van der Waals surface area contributed by atoms with E-state index in [-0.39, 0.29) is 35.8 Å². The Labute approximate surface area is 180 Å². The van der Waals surface area contributed by atoms with Crippen LogP contribution in [0.1, 0.15) is 65.9 Å². The van der Waals surface area contributed by atoms with Gasteiger partial charge in [0.15, 0.2) is 0 Å². The first-order valence-corrected chi connectivity index (χ1v) is 10.9. The monoisotopic (exact) mass is 424 g/mol. The van der Waals surface area contributed by atoms with E-state index in [9.17, 15) is 14.0 Å². The number of rotatable bonds is 3. The molecule has 1 aromatic heterocycles. The van der Waals surface area contributed by atoms with Crippen LogP contribution in [0.15, 0.2) is 42.7 Å². The molecule has 0 radical (unpaired) electrons. The predicted molar refractivity (Wildman–Crippen MR) is 110 cm³/mol. The molecule has 1 saturated heterocycles. The van der Waals surface area contributed by atoms with Gasteiger partial charge in [0.05, 0.1) is 12.2 Å². The zero-order valence-electron chi connectivity index (χ0n) is 17.2. The van der Waals surface area contributed by atoms with Crippen molar-refractivity contribution < 1.29 is 23.5 Å². The minimum absolute atomic E-state index is 0.0141. The number of esters is 1. The molecule has 2 aromatic rings. The maximum atomic E-state index is 13.5. The fourth-order valence-corrected chi connectivity index (χ4v) is 5.11. The number of hydrogen-bond donors (Lipinski definition) is 1. The van der Waals surface area contributed by atoms with Crippen LogP contribution in [0, 0.1) is 11.7 Å². The number of pyridine rings is 1. The number of carbonyl (C=O) groups is 2. The summed E-state index contributed by atoms with van der Waals surface area (Å²) >= 11 is 0. The van der Waals surface area contributed by atoms with Crippen LogP contribution in [0.25, 0.3) is 0 Å². The molecule has 1 spiro atoms. The molecule has 3 aliphatic rings. The lowest BCUT2D eigenvalue weighted by Gasteiger charge is -2.36. The Morgan fingerprint density at radius 3 is 2.74 bits per heavy atom. The smallest absolute Gasteiger partial charge is 0.339 e. The Kier molecular flexibility index (Phi) is 5.22. The van der Waals surface area contributed by atoms with E-state index in [0.717, 1.165) is 17.5 Å². The zero-order valence-corrected chi connectivity index (χ0v) is 17.2. The van der Waals surface area contributed by atoms with E-state index in [1.807, 2.05) is 6.07 Å². The van der Waals surface area contributed by atoms with Gasteiger partial charge in [-0.3, -0.25) is 9.78 Å². The highest BCUT2D eigenvalue weighted by molar-refractivity contribution is 5.94. The summed E-state index contributed by atoms with van der Waals surface area (Å²) in [5.74, 6) is -0.545. The van der Waals surface area contributed by atoms with Crippen molar-refractivity contribution in [3.63, 3.8) is 0 Å². The Morgan fingerprint density at radius 1 is 1.16 bits per heavy atom. The summed E-state index contributed by atoms with van der Waals surface area (Å²) in [5.41, 5.74) is 1.72. The van der Waals surface area contributed by atoms with Crippen LogP contribution >= 0.6 is 0 Å². The molecule has 2 unspecified atom stereocenters. The number of ether oxygens (including phenoxy) is 2. The third-order valence-electron chi connectivity index (χ3n) is 6.88. The Bertz CT molecular complexity index is 995. The van der Waals surface area contributed by atoms with Crippen molar-refractivity contribution >= 4 is 11.9 Å². The van der Waals surface area contributed by atoms with E-state index < -0.39 is 5.60 Å². The number of hydrogen-bond acceptors (Lipinski definition) is 5. The second-order valence-corrected chi connectivity index (χ2v) is 8.74. The number of nitrogens with zero attached hydrogens (tertiary/aromatic N) is 1. The molecule has 2 atom stereocenters. The number of halogens is 1. The van der Waals surface area contributed by atoms with Crippen molar-refractivity contribution in [2.24, 2.45) is 5.92 Å². The molecule has 1 aromatic carbocycles. The highest BCUT2D eigenvalue weighted by atomic mass is 19.1. The molecule has 2 aliphatic heterocycles. The minimum Gasteiger partial charge on any atom is -0.450 e. The summed E-state index contributed by atoms with van der Waals surface area (Å²) in [6.07, 6.45) is 7.04. The lowest BCUT2D eigenvalue weighted by Crippen LogP contribution is -2.45. The molecule has 1 saturated carbocycles. The molecular formula is C24H25FN2O4. The van der Waals surface area contributed by atoms with Gasteiger partial charge in [-0.05, 0) is 62.3 Å². The molecule has 5 rings (SSSR count). The SMILES string of the molecule is O=C1O[C@]2(CC[C@@H](C(=O)NC3CCC(c4cccc(F)c4)CO3)CC2)c2cnccc21. The van der Waals surface area contributed by atoms with Crippen LogP contribution in [-0.2, 0) is 19.9 Å². The quantitative estimate of drug-likeness (QED) is 0.758. The van der Waals surface area contributed by atoms with Gasteiger partial charge in [0.25, 0.3) is 0 Å². The summed E-state index contributed by atoms with van der Waals surface area (Å²) in [6, 6.07) is 8.31. The first-order chi connectivity index (χ1) is 15.0. The first-order valence-electron chi connectivity index (χ1n) is 10.9. The van der Waals surface area contributed by atoms with Gasteiger partial charge in [0.1, 0.15) is 17.6 Å². The van der Waals surface area contributed by atoms with Gasteiger partial charge < -0.3 is 14.8 Å². The Morgan fingerprint density at radius 2 is 2.00 bits per heavy atom. The zero-order chi connectivity index (χ0) is 21.4. The summed E-state index contributed by atoms with van der Waals surface area (Å²) < 4.78 is 25.1. The van der Waals surface area contributed by atoms with Crippen LogP contribution in [0.2, 0.25) is 0 Å². The van der Waals surface area contributed by atoms with Crippen molar-refractivity contribution in [2.75, 3.05) is 6.61 Å². The van der Waals surface area contributed by atoms with Gasteiger partial charge in [-0.15, -0.1) is 0 Å². The highest BCUT2D eigenvalue weighted by Gasteiger charge is 2.48. The van der Waals surface area contributed by atoms with Gasteiger partial charge in [0, 0.05) is 29.8 Å². The largest absolute Gasteiger partial charge is 0.450 e. The summed E-state index contributed by atoms with van der Waals surface area (Å²) in [5, 5.41) is 3.02. The van der Waals surface area contributed by atoms with E-state index in [4.69, 9.17) is 9.47 Å². The molecular weight excluding hydrogens is 399 g/mol. The van der Waals surface area contributed by atoms with E-state index >= 15 is 0 Å². The van der Waals surface area contributed by atoms with Gasteiger partial charge in [-0.1, -0.05) is 12.1 Å².